The van der Waals surface area contributed by atoms with E-state index < -0.39 is 22.2 Å². The average molecular weight is 467 g/mol. The SMILES string of the molecule is Cc1nnc([C@H]2C[C@H]3OCC[C@H]3N(S(=O)(=O)c3cn(C)cn3)C2)o1.O=C(O)C(F)(F)F. The molecule has 3 atom stereocenters. The van der Waals surface area contributed by atoms with Gasteiger partial charge in [0, 0.05) is 33.3 Å². The monoisotopic (exact) mass is 467 g/mol. The van der Waals surface area contributed by atoms with Crippen molar-refractivity contribution in [1.29, 1.82) is 0 Å². The summed E-state index contributed by atoms with van der Waals surface area (Å²) in [5.41, 5.74) is 0. The maximum atomic E-state index is 13.1. The van der Waals surface area contributed by atoms with E-state index in [1.807, 2.05) is 0 Å². The van der Waals surface area contributed by atoms with Crippen molar-refractivity contribution in [2.45, 2.75) is 49.0 Å². The van der Waals surface area contributed by atoms with Crippen molar-refractivity contribution < 1.29 is 40.6 Å². The number of aromatic nitrogens is 4. The van der Waals surface area contributed by atoms with E-state index in [0.29, 0.717) is 37.8 Å². The lowest BCUT2D eigenvalue weighted by Crippen LogP contribution is -2.51. The summed E-state index contributed by atoms with van der Waals surface area (Å²) in [4.78, 5) is 12.9. The second-order valence-electron chi connectivity index (χ2n) is 7.11. The molecule has 0 saturated carbocycles. The number of piperidine rings is 1. The Balaban J connectivity index is 0.000000339. The van der Waals surface area contributed by atoms with E-state index in [0.717, 1.165) is 0 Å². The van der Waals surface area contributed by atoms with Crippen molar-refractivity contribution in [1.82, 2.24) is 24.1 Å². The highest BCUT2D eigenvalue weighted by atomic mass is 32.2. The van der Waals surface area contributed by atoms with Crippen LogP contribution in [-0.2, 0) is 26.6 Å². The highest BCUT2D eigenvalue weighted by Crippen LogP contribution is 2.38. The predicted octanol–water partition coefficient (Wildman–Crippen LogP) is 1.08. The van der Waals surface area contributed by atoms with E-state index in [-0.39, 0.29) is 23.1 Å². The molecular weight excluding hydrogens is 447 g/mol. The number of carbonyl (C=O) groups is 1. The summed E-state index contributed by atoms with van der Waals surface area (Å²) in [5.74, 6) is -2.00. The number of fused-ring (bicyclic) bond motifs is 1. The number of nitrogens with zero attached hydrogens (tertiary/aromatic N) is 5. The van der Waals surface area contributed by atoms with Crippen LogP contribution in [0.5, 0.6) is 0 Å². The van der Waals surface area contributed by atoms with E-state index >= 15 is 0 Å². The number of carboxylic acids is 1. The molecule has 11 nitrogen and oxygen atoms in total. The number of hydrogen-bond acceptors (Lipinski definition) is 8. The third kappa shape index (κ3) is 5.04. The molecule has 2 saturated heterocycles. The third-order valence-electron chi connectivity index (χ3n) is 4.85. The van der Waals surface area contributed by atoms with Crippen LogP contribution in [0, 0.1) is 6.92 Å². The molecular formula is C16H20F3N5O6S. The van der Waals surface area contributed by atoms with Crippen molar-refractivity contribution in [3.63, 3.8) is 0 Å². The smallest absolute Gasteiger partial charge is 0.475 e. The fourth-order valence-electron chi connectivity index (χ4n) is 3.47. The van der Waals surface area contributed by atoms with Crippen LogP contribution in [0.4, 0.5) is 13.2 Å². The minimum Gasteiger partial charge on any atom is -0.475 e. The summed E-state index contributed by atoms with van der Waals surface area (Å²) in [6.07, 6.45) is -0.874. The van der Waals surface area contributed by atoms with Crippen LogP contribution in [0.15, 0.2) is 22.0 Å². The second kappa shape index (κ2) is 8.55. The summed E-state index contributed by atoms with van der Waals surface area (Å²) in [5, 5.41) is 15.1. The third-order valence-corrected chi connectivity index (χ3v) is 6.63. The van der Waals surface area contributed by atoms with Gasteiger partial charge >= 0.3 is 12.1 Å². The first-order chi connectivity index (χ1) is 14.4. The van der Waals surface area contributed by atoms with Gasteiger partial charge < -0.3 is 18.8 Å². The van der Waals surface area contributed by atoms with E-state index in [2.05, 4.69) is 15.2 Å². The average Bonchev–Trinajstić information content (AvgIpc) is 3.41. The summed E-state index contributed by atoms with van der Waals surface area (Å²) in [6.45, 7) is 2.57. The van der Waals surface area contributed by atoms with Crippen LogP contribution in [0.25, 0.3) is 0 Å². The number of carboxylic acid groups (broad SMARTS) is 1. The number of ether oxygens (including phenoxy) is 1. The Hall–Kier alpha value is -2.52. The van der Waals surface area contributed by atoms with Crippen LogP contribution in [-0.4, -0.2) is 75.0 Å². The Morgan fingerprint density at radius 3 is 2.52 bits per heavy atom. The Morgan fingerprint density at radius 2 is 2.00 bits per heavy atom. The van der Waals surface area contributed by atoms with Gasteiger partial charge in [-0.05, 0) is 12.8 Å². The molecule has 0 radical (unpaired) electrons. The standard InChI is InChI=1S/C14H19N5O4S.C2HF3O2/c1-9-16-17-14(23-9)10-5-12-11(3-4-22-12)19(6-10)24(20,21)13-7-18(2)8-15-13;3-2(4,5)1(6)7/h7-8,10-12H,3-6H2,1-2H3;(H,6,7)/t10-,11+,12+;/m0./s1. The van der Waals surface area contributed by atoms with Gasteiger partial charge in [-0.15, -0.1) is 10.2 Å². The molecule has 1 N–H and O–H groups in total. The summed E-state index contributed by atoms with van der Waals surface area (Å²) in [7, 11) is -1.95. The van der Waals surface area contributed by atoms with Crippen LogP contribution < -0.4 is 0 Å². The number of sulfonamides is 1. The lowest BCUT2D eigenvalue weighted by atomic mass is 9.92. The van der Waals surface area contributed by atoms with Crippen LogP contribution in [0.3, 0.4) is 0 Å². The molecule has 0 aromatic carbocycles. The maximum absolute atomic E-state index is 13.1. The largest absolute Gasteiger partial charge is 0.490 e. The first-order valence-corrected chi connectivity index (χ1v) is 10.5. The highest BCUT2D eigenvalue weighted by Gasteiger charge is 2.47. The van der Waals surface area contributed by atoms with E-state index in [4.69, 9.17) is 19.1 Å². The molecule has 0 bridgehead atoms. The molecule has 0 unspecified atom stereocenters. The second-order valence-corrected chi connectivity index (χ2v) is 8.95. The number of alkyl halides is 3. The fourth-order valence-corrected chi connectivity index (χ4v) is 5.17. The molecule has 4 rings (SSSR count). The van der Waals surface area contributed by atoms with Gasteiger partial charge in [0.2, 0.25) is 11.8 Å². The van der Waals surface area contributed by atoms with Gasteiger partial charge in [0.25, 0.3) is 10.0 Å². The van der Waals surface area contributed by atoms with Crippen LogP contribution >= 0.6 is 0 Å². The van der Waals surface area contributed by atoms with E-state index in [9.17, 15) is 21.6 Å². The molecule has 2 aromatic heterocycles. The lowest BCUT2D eigenvalue weighted by molar-refractivity contribution is -0.192. The van der Waals surface area contributed by atoms with Crippen molar-refractivity contribution in [2.75, 3.05) is 13.2 Å². The van der Waals surface area contributed by atoms with E-state index in [1.54, 1.807) is 18.5 Å². The molecule has 4 heterocycles. The zero-order chi connectivity index (χ0) is 23.0. The van der Waals surface area contributed by atoms with Crippen LogP contribution in [0.1, 0.15) is 30.5 Å². The quantitative estimate of drug-likeness (QED) is 0.702. The van der Waals surface area contributed by atoms with Crippen molar-refractivity contribution in [3.8, 4) is 0 Å². The number of aliphatic carboxylic acids is 1. The Kier molecular flexibility index (Phi) is 6.38. The molecule has 31 heavy (non-hydrogen) atoms. The molecule has 2 aromatic rings. The zero-order valence-corrected chi connectivity index (χ0v) is 17.3. The zero-order valence-electron chi connectivity index (χ0n) is 16.5. The normalized spacial score (nSPS) is 24.4. The minimum atomic E-state index is -5.08. The summed E-state index contributed by atoms with van der Waals surface area (Å²) < 4.78 is 72.3. The number of hydrogen-bond donors (Lipinski definition) is 1. The molecule has 0 spiro atoms. The van der Waals surface area contributed by atoms with Crippen molar-refractivity contribution in [2.24, 2.45) is 7.05 Å². The van der Waals surface area contributed by atoms with E-state index in [1.165, 1.54) is 16.8 Å². The molecule has 0 amide bonds. The molecule has 2 aliphatic heterocycles. The van der Waals surface area contributed by atoms with Gasteiger partial charge in [0.05, 0.1) is 24.4 Å². The molecule has 15 heteroatoms. The minimum absolute atomic E-state index is 0.0537. The number of halogens is 3. The fraction of sp³-hybridized carbons (Fsp3) is 0.625. The molecule has 2 fully saturated rings. The molecule has 172 valence electrons. The first kappa shape index (κ1) is 23.1. The van der Waals surface area contributed by atoms with Gasteiger partial charge in [-0.2, -0.15) is 17.5 Å². The highest BCUT2D eigenvalue weighted by molar-refractivity contribution is 7.89. The van der Waals surface area contributed by atoms with Crippen LogP contribution in [0.2, 0.25) is 0 Å². The van der Waals surface area contributed by atoms with Gasteiger partial charge in [-0.3, -0.25) is 0 Å². The maximum Gasteiger partial charge on any atom is 0.490 e. The Morgan fingerprint density at radius 1 is 1.32 bits per heavy atom. The van der Waals surface area contributed by atoms with Gasteiger partial charge in [0.15, 0.2) is 5.03 Å². The number of imidazole rings is 1. The Bertz CT molecular complexity index is 1040. The predicted molar refractivity (Wildman–Crippen MR) is 95.3 cm³/mol. The lowest BCUT2D eigenvalue weighted by Gasteiger charge is -2.38. The molecule has 2 aliphatic rings. The number of rotatable bonds is 3. The van der Waals surface area contributed by atoms with Gasteiger partial charge in [-0.1, -0.05) is 0 Å². The van der Waals surface area contributed by atoms with Gasteiger partial charge in [0.1, 0.15) is 0 Å². The van der Waals surface area contributed by atoms with Crippen molar-refractivity contribution >= 4 is 16.0 Å². The first-order valence-electron chi connectivity index (χ1n) is 9.11. The Labute approximate surface area is 174 Å². The summed E-state index contributed by atoms with van der Waals surface area (Å²) >= 11 is 0. The number of aryl methyl sites for hydroxylation is 2. The van der Waals surface area contributed by atoms with Crippen molar-refractivity contribution in [3.05, 3.63) is 24.3 Å². The van der Waals surface area contributed by atoms with Gasteiger partial charge in [-0.25, -0.2) is 18.2 Å². The molecule has 0 aliphatic carbocycles. The summed E-state index contributed by atoms with van der Waals surface area (Å²) in [6, 6.07) is -0.169. The topological polar surface area (TPSA) is 141 Å².